The Balaban J connectivity index is 1.62. The van der Waals surface area contributed by atoms with Gasteiger partial charge in [-0.3, -0.25) is 0 Å². The van der Waals surface area contributed by atoms with Gasteiger partial charge in [0.2, 0.25) is 0 Å². The zero-order valence-electron chi connectivity index (χ0n) is 17.7. The van der Waals surface area contributed by atoms with Gasteiger partial charge in [-0.1, -0.05) is 30.3 Å². The number of ether oxygens (including phenoxy) is 3. The first-order chi connectivity index (χ1) is 15.2. The number of hydrazone groups is 1. The van der Waals surface area contributed by atoms with Crippen molar-refractivity contribution in [3.63, 3.8) is 0 Å². The molecule has 3 aromatic rings. The van der Waals surface area contributed by atoms with Gasteiger partial charge in [0.15, 0.2) is 11.5 Å². The van der Waals surface area contributed by atoms with E-state index in [0.717, 1.165) is 22.4 Å². The fourth-order valence-corrected chi connectivity index (χ4v) is 2.93. The number of nitriles is 1. The lowest BCUT2D eigenvalue weighted by atomic mass is 10.1. The van der Waals surface area contributed by atoms with Gasteiger partial charge in [0, 0.05) is 5.56 Å². The zero-order valence-corrected chi connectivity index (χ0v) is 17.7. The SMILES string of the molecule is CCOc1cc(/C=N\NCc2ccccc2OC)ccc1OCc1ccc(C#N)cc1. The van der Waals surface area contributed by atoms with Gasteiger partial charge in [-0.15, -0.1) is 0 Å². The first-order valence-corrected chi connectivity index (χ1v) is 10.00. The Labute approximate surface area is 182 Å². The van der Waals surface area contributed by atoms with Crippen molar-refractivity contribution < 1.29 is 14.2 Å². The number of nitrogens with zero attached hydrogens (tertiary/aromatic N) is 2. The summed E-state index contributed by atoms with van der Waals surface area (Å²) in [6.45, 7) is 3.41. The van der Waals surface area contributed by atoms with Crippen LogP contribution < -0.4 is 19.6 Å². The first kappa shape index (κ1) is 21.7. The van der Waals surface area contributed by atoms with Crippen molar-refractivity contribution in [3.05, 3.63) is 89.0 Å². The maximum absolute atomic E-state index is 8.90. The quantitative estimate of drug-likeness (QED) is 0.385. The van der Waals surface area contributed by atoms with Crippen LogP contribution in [0.1, 0.15) is 29.2 Å². The third-order valence-electron chi connectivity index (χ3n) is 4.51. The molecule has 0 heterocycles. The minimum absolute atomic E-state index is 0.389. The highest BCUT2D eigenvalue weighted by molar-refractivity contribution is 5.80. The third kappa shape index (κ3) is 6.25. The van der Waals surface area contributed by atoms with Crippen LogP contribution in [-0.4, -0.2) is 19.9 Å². The average molecular weight is 415 g/mol. The third-order valence-corrected chi connectivity index (χ3v) is 4.51. The summed E-state index contributed by atoms with van der Waals surface area (Å²) in [5.74, 6) is 2.14. The molecule has 0 spiro atoms. The van der Waals surface area contributed by atoms with Crippen LogP contribution in [0.4, 0.5) is 0 Å². The van der Waals surface area contributed by atoms with E-state index >= 15 is 0 Å². The fourth-order valence-electron chi connectivity index (χ4n) is 2.93. The van der Waals surface area contributed by atoms with E-state index in [1.165, 1.54) is 0 Å². The number of rotatable bonds is 10. The van der Waals surface area contributed by atoms with Crippen molar-refractivity contribution in [1.29, 1.82) is 5.26 Å². The number of methoxy groups -OCH3 is 1. The molecule has 0 aliphatic rings. The van der Waals surface area contributed by atoms with Gasteiger partial charge in [0.1, 0.15) is 12.4 Å². The number of hydrogen-bond donors (Lipinski definition) is 1. The maximum Gasteiger partial charge on any atom is 0.161 e. The number of nitrogens with one attached hydrogen (secondary N) is 1. The molecule has 0 bridgehead atoms. The van der Waals surface area contributed by atoms with Crippen molar-refractivity contribution in [2.75, 3.05) is 13.7 Å². The lowest BCUT2D eigenvalue weighted by Crippen LogP contribution is -2.07. The largest absolute Gasteiger partial charge is 0.496 e. The molecule has 31 heavy (non-hydrogen) atoms. The summed E-state index contributed by atoms with van der Waals surface area (Å²) in [5.41, 5.74) is 6.57. The molecule has 0 atom stereocenters. The van der Waals surface area contributed by atoms with Gasteiger partial charge in [-0.25, -0.2) is 0 Å². The molecular formula is C25H25N3O3. The van der Waals surface area contributed by atoms with Crippen LogP contribution in [0.15, 0.2) is 71.8 Å². The van der Waals surface area contributed by atoms with Crippen LogP contribution in [0.2, 0.25) is 0 Å². The zero-order chi connectivity index (χ0) is 21.9. The van der Waals surface area contributed by atoms with Gasteiger partial charge in [-0.05, 0) is 54.4 Å². The molecule has 0 amide bonds. The minimum atomic E-state index is 0.389. The molecule has 158 valence electrons. The molecule has 3 rings (SSSR count). The van der Waals surface area contributed by atoms with E-state index in [0.29, 0.717) is 36.8 Å². The molecule has 0 fully saturated rings. The highest BCUT2D eigenvalue weighted by Crippen LogP contribution is 2.29. The summed E-state index contributed by atoms with van der Waals surface area (Å²) in [7, 11) is 1.66. The van der Waals surface area contributed by atoms with Crippen molar-refractivity contribution in [2.45, 2.75) is 20.1 Å². The Morgan fingerprint density at radius 1 is 0.968 bits per heavy atom. The monoisotopic (exact) mass is 415 g/mol. The topological polar surface area (TPSA) is 75.9 Å². The van der Waals surface area contributed by atoms with E-state index in [2.05, 4.69) is 16.6 Å². The highest BCUT2D eigenvalue weighted by atomic mass is 16.5. The summed E-state index contributed by atoms with van der Waals surface area (Å²) < 4.78 is 17.0. The Morgan fingerprint density at radius 3 is 2.52 bits per heavy atom. The average Bonchev–Trinajstić information content (AvgIpc) is 2.82. The molecule has 6 nitrogen and oxygen atoms in total. The first-order valence-electron chi connectivity index (χ1n) is 10.00. The second kappa shape index (κ2) is 11.3. The summed E-state index contributed by atoms with van der Waals surface area (Å²) in [5, 5.41) is 13.2. The molecule has 0 saturated carbocycles. The van der Waals surface area contributed by atoms with Gasteiger partial charge in [0.25, 0.3) is 0 Å². The van der Waals surface area contributed by atoms with Gasteiger partial charge < -0.3 is 19.6 Å². The van der Waals surface area contributed by atoms with Crippen LogP contribution in [0.25, 0.3) is 0 Å². The van der Waals surface area contributed by atoms with Crippen molar-refractivity contribution in [2.24, 2.45) is 5.10 Å². The summed E-state index contributed by atoms with van der Waals surface area (Å²) in [6.07, 6.45) is 1.74. The maximum atomic E-state index is 8.90. The molecular weight excluding hydrogens is 390 g/mol. The van der Waals surface area contributed by atoms with Crippen LogP contribution in [0.3, 0.4) is 0 Å². The standard InChI is InChI=1S/C25H25N3O3/c1-3-30-25-14-21(16-27-28-17-22-6-4-5-7-23(22)29-2)12-13-24(25)31-18-20-10-8-19(15-26)9-11-20/h4-14,16,28H,3,17-18H2,1-2H3/b27-16-. The normalized spacial score (nSPS) is 10.5. The van der Waals surface area contributed by atoms with Crippen LogP contribution in [-0.2, 0) is 13.2 Å². The smallest absolute Gasteiger partial charge is 0.161 e. The second-order valence-corrected chi connectivity index (χ2v) is 6.64. The van der Waals surface area contributed by atoms with Gasteiger partial charge in [-0.2, -0.15) is 10.4 Å². The van der Waals surface area contributed by atoms with Crippen LogP contribution in [0, 0.1) is 11.3 Å². The van der Waals surface area contributed by atoms with Crippen LogP contribution >= 0.6 is 0 Å². The molecule has 6 heteroatoms. The predicted molar refractivity (Wildman–Crippen MR) is 121 cm³/mol. The summed E-state index contributed by atoms with van der Waals surface area (Å²) in [6, 6.07) is 22.9. The summed E-state index contributed by atoms with van der Waals surface area (Å²) in [4.78, 5) is 0. The predicted octanol–water partition coefficient (Wildman–Crippen LogP) is 4.67. The van der Waals surface area contributed by atoms with Crippen molar-refractivity contribution in [3.8, 4) is 23.3 Å². The molecule has 0 unspecified atom stereocenters. The van der Waals surface area contributed by atoms with E-state index in [1.807, 2.05) is 61.5 Å². The van der Waals surface area contributed by atoms with E-state index in [-0.39, 0.29) is 0 Å². The van der Waals surface area contributed by atoms with Gasteiger partial charge >= 0.3 is 0 Å². The molecule has 1 N–H and O–H groups in total. The minimum Gasteiger partial charge on any atom is -0.496 e. The van der Waals surface area contributed by atoms with E-state index in [9.17, 15) is 0 Å². The number of para-hydroxylation sites is 1. The molecule has 0 radical (unpaired) electrons. The van der Waals surface area contributed by atoms with Crippen LogP contribution in [0.5, 0.6) is 17.2 Å². The Morgan fingerprint density at radius 2 is 1.77 bits per heavy atom. The lowest BCUT2D eigenvalue weighted by Gasteiger charge is -2.13. The van der Waals surface area contributed by atoms with E-state index in [4.69, 9.17) is 19.5 Å². The fraction of sp³-hybridized carbons (Fsp3) is 0.200. The Hall–Kier alpha value is -3.98. The second-order valence-electron chi connectivity index (χ2n) is 6.64. The van der Waals surface area contributed by atoms with E-state index < -0.39 is 0 Å². The number of hydrogen-bond acceptors (Lipinski definition) is 6. The molecule has 0 aromatic heterocycles. The van der Waals surface area contributed by atoms with Crippen molar-refractivity contribution >= 4 is 6.21 Å². The summed E-state index contributed by atoms with van der Waals surface area (Å²) >= 11 is 0. The van der Waals surface area contributed by atoms with E-state index in [1.54, 1.807) is 25.5 Å². The molecule has 0 saturated heterocycles. The Bertz CT molecular complexity index is 1060. The Kier molecular flexibility index (Phi) is 7.90. The highest BCUT2D eigenvalue weighted by Gasteiger charge is 2.07. The van der Waals surface area contributed by atoms with Gasteiger partial charge in [0.05, 0.1) is 38.1 Å². The lowest BCUT2D eigenvalue weighted by molar-refractivity contribution is 0.269. The van der Waals surface area contributed by atoms with Crippen molar-refractivity contribution in [1.82, 2.24) is 5.43 Å². The molecule has 0 aliphatic heterocycles. The molecule has 3 aromatic carbocycles. The number of benzene rings is 3. The molecule has 0 aliphatic carbocycles.